The van der Waals surface area contributed by atoms with Crippen molar-refractivity contribution < 1.29 is 13.9 Å². The standard InChI is InChI=1S/C14H13FN2O2S/c1-18-13-4-2-3-10(17-13)8-19-12-6-5-9(14(16)20)7-11(12)15/h2-7H,8H2,1H3,(H2,16,20). The van der Waals surface area contributed by atoms with Crippen LogP contribution in [0.2, 0.25) is 0 Å². The lowest BCUT2D eigenvalue weighted by Gasteiger charge is -2.08. The second kappa shape index (κ2) is 6.29. The number of hydrogen-bond acceptors (Lipinski definition) is 4. The Balaban J connectivity index is 2.08. The third-order valence-electron chi connectivity index (χ3n) is 2.58. The molecular weight excluding hydrogens is 279 g/mol. The van der Waals surface area contributed by atoms with Gasteiger partial charge in [-0.1, -0.05) is 18.3 Å². The van der Waals surface area contributed by atoms with Crippen LogP contribution in [-0.2, 0) is 6.61 Å². The molecule has 0 aliphatic rings. The first kappa shape index (κ1) is 14.2. The normalized spacial score (nSPS) is 10.1. The van der Waals surface area contributed by atoms with E-state index in [0.29, 0.717) is 17.1 Å². The fourth-order valence-corrected chi connectivity index (χ4v) is 1.70. The maximum Gasteiger partial charge on any atom is 0.213 e. The Morgan fingerprint density at radius 1 is 1.35 bits per heavy atom. The van der Waals surface area contributed by atoms with Crippen molar-refractivity contribution in [3.05, 3.63) is 53.5 Å². The number of methoxy groups -OCH3 is 1. The van der Waals surface area contributed by atoms with Crippen LogP contribution in [0.15, 0.2) is 36.4 Å². The van der Waals surface area contributed by atoms with Crippen LogP contribution in [0.25, 0.3) is 0 Å². The number of aromatic nitrogens is 1. The summed E-state index contributed by atoms with van der Waals surface area (Å²) in [5, 5.41) is 0. The fourth-order valence-electron chi connectivity index (χ4n) is 1.57. The number of thiocarbonyl (C=S) groups is 1. The van der Waals surface area contributed by atoms with Crippen LogP contribution in [0.1, 0.15) is 11.3 Å². The number of benzene rings is 1. The molecule has 4 nitrogen and oxygen atoms in total. The number of ether oxygens (including phenoxy) is 2. The van der Waals surface area contributed by atoms with E-state index in [-0.39, 0.29) is 17.3 Å². The third kappa shape index (κ3) is 3.42. The number of nitrogens with two attached hydrogens (primary N) is 1. The highest BCUT2D eigenvalue weighted by atomic mass is 32.1. The van der Waals surface area contributed by atoms with Crippen molar-refractivity contribution >= 4 is 17.2 Å². The molecule has 2 rings (SSSR count). The zero-order valence-corrected chi connectivity index (χ0v) is 11.6. The maximum atomic E-state index is 13.8. The lowest BCUT2D eigenvalue weighted by atomic mass is 10.2. The summed E-state index contributed by atoms with van der Waals surface area (Å²) < 4.78 is 24.2. The molecule has 0 radical (unpaired) electrons. The second-order valence-corrected chi connectivity index (χ2v) is 4.41. The molecule has 0 unspecified atom stereocenters. The van der Waals surface area contributed by atoms with Gasteiger partial charge in [-0.3, -0.25) is 0 Å². The van der Waals surface area contributed by atoms with Crippen molar-refractivity contribution in [2.75, 3.05) is 7.11 Å². The summed E-state index contributed by atoms with van der Waals surface area (Å²) in [6.07, 6.45) is 0. The molecule has 0 saturated carbocycles. The first-order valence-electron chi connectivity index (χ1n) is 5.82. The molecule has 0 saturated heterocycles. The van der Waals surface area contributed by atoms with Gasteiger partial charge in [0.2, 0.25) is 5.88 Å². The molecule has 0 bridgehead atoms. The van der Waals surface area contributed by atoms with Gasteiger partial charge in [-0.25, -0.2) is 9.37 Å². The monoisotopic (exact) mass is 292 g/mol. The zero-order valence-electron chi connectivity index (χ0n) is 10.8. The molecule has 1 aromatic heterocycles. The van der Waals surface area contributed by atoms with Crippen molar-refractivity contribution in [1.29, 1.82) is 0 Å². The van der Waals surface area contributed by atoms with Gasteiger partial charge in [0.15, 0.2) is 11.6 Å². The summed E-state index contributed by atoms with van der Waals surface area (Å²) in [7, 11) is 1.53. The molecule has 1 aromatic carbocycles. The van der Waals surface area contributed by atoms with Crippen LogP contribution in [0.5, 0.6) is 11.6 Å². The van der Waals surface area contributed by atoms with E-state index in [2.05, 4.69) is 4.98 Å². The highest BCUT2D eigenvalue weighted by molar-refractivity contribution is 7.80. The van der Waals surface area contributed by atoms with Gasteiger partial charge in [-0.15, -0.1) is 0 Å². The summed E-state index contributed by atoms with van der Waals surface area (Å²) in [5.41, 5.74) is 6.53. The Kier molecular flexibility index (Phi) is 4.47. The van der Waals surface area contributed by atoms with E-state index in [4.69, 9.17) is 27.4 Å². The first-order valence-corrected chi connectivity index (χ1v) is 6.23. The predicted octanol–water partition coefficient (Wildman–Crippen LogP) is 2.44. The van der Waals surface area contributed by atoms with Gasteiger partial charge in [-0.05, 0) is 24.3 Å². The molecule has 2 aromatic rings. The van der Waals surface area contributed by atoms with Crippen LogP contribution in [0, 0.1) is 5.82 Å². The minimum atomic E-state index is -0.516. The van der Waals surface area contributed by atoms with Gasteiger partial charge in [0.1, 0.15) is 11.6 Å². The molecule has 104 valence electrons. The Bertz CT molecular complexity index is 634. The average molecular weight is 292 g/mol. The molecule has 0 amide bonds. The number of nitrogens with zero attached hydrogens (tertiary/aromatic N) is 1. The fraction of sp³-hybridized carbons (Fsp3) is 0.143. The third-order valence-corrected chi connectivity index (χ3v) is 2.82. The van der Waals surface area contributed by atoms with E-state index in [0.717, 1.165) is 0 Å². The van der Waals surface area contributed by atoms with E-state index in [1.54, 1.807) is 24.3 Å². The van der Waals surface area contributed by atoms with Crippen molar-refractivity contribution in [1.82, 2.24) is 4.98 Å². The molecular formula is C14H13FN2O2S. The number of pyridine rings is 1. The van der Waals surface area contributed by atoms with E-state index >= 15 is 0 Å². The molecule has 0 fully saturated rings. The molecule has 0 aliphatic heterocycles. The zero-order chi connectivity index (χ0) is 14.5. The molecule has 20 heavy (non-hydrogen) atoms. The Morgan fingerprint density at radius 3 is 2.80 bits per heavy atom. The first-order chi connectivity index (χ1) is 9.60. The minimum absolute atomic E-state index is 0.120. The average Bonchev–Trinajstić information content (AvgIpc) is 2.46. The smallest absolute Gasteiger partial charge is 0.213 e. The molecule has 0 atom stereocenters. The molecule has 2 N–H and O–H groups in total. The summed E-state index contributed by atoms with van der Waals surface area (Å²) >= 11 is 4.78. The van der Waals surface area contributed by atoms with Crippen molar-refractivity contribution in [3.63, 3.8) is 0 Å². The van der Waals surface area contributed by atoms with Crippen LogP contribution >= 0.6 is 12.2 Å². The minimum Gasteiger partial charge on any atom is -0.484 e. The molecule has 6 heteroatoms. The van der Waals surface area contributed by atoms with Gasteiger partial charge in [-0.2, -0.15) is 0 Å². The van der Waals surface area contributed by atoms with Crippen LogP contribution < -0.4 is 15.2 Å². The van der Waals surface area contributed by atoms with Crippen molar-refractivity contribution in [2.45, 2.75) is 6.61 Å². The van der Waals surface area contributed by atoms with Gasteiger partial charge in [0, 0.05) is 11.6 Å². The summed E-state index contributed by atoms with van der Waals surface area (Å²) in [6, 6.07) is 9.63. The van der Waals surface area contributed by atoms with E-state index in [9.17, 15) is 4.39 Å². The van der Waals surface area contributed by atoms with Gasteiger partial charge in [0.25, 0.3) is 0 Å². The second-order valence-electron chi connectivity index (χ2n) is 3.97. The summed E-state index contributed by atoms with van der Waals surface area (Å²) in [6.45, 7) is 0.139. The van der Waals surface area contributed by atoms with Crippen LogP contribution in [-0.4, -0.2) is 17.1 Å². The number of halogens is 1. The van der Waals surface area contributed by atoms with E-state index in [1.165, 1.54) is 19.2 Å². The van der Waals surface area contributed by atoms with Crippen LogP contribution in [0.3, 0.4) is 0 Å². The highest BCUT2D eigenvalue weighted by Gasteiger charge is 2.07. The van der Waals surface area contributed by atoms with E-state index < -0.39 is 5.82 Å². The van der Waals surface area contributed by atoms with E-state index in [1.807, 2.05) is 0 Å². The Labute approximate surface area is 121 Å². The lowest BCUT2D eigenvalue weighted by Crippen LogP contribution is -2.10. The lowest BCUT2D eigenvalue weighted by molar-refractivity contribution is 0.283. The summed E-state index contributed by atoms with van der Waals surface area (Å²) in [4.78, 5) is 4.31. The summed E-state index contributed by atoms with van der Waals surface area (Å²) in [5.74, 6) is 0.0863. The van der Waals surface area contributed by atoms with Gasteiger partial charge < -0.3 is 15.2 Å². The van der Waals surface area contributed by atoms with Crippen LogP contribution in [0.4, 0.5) is 4.39 Å². The highest BCUT2D eigenvalue weighted by Crippen LogP contribution is 2.19. The SMILES string of the molecule is COc1cccc(COc2ccc(C(N)=S)cc2F)n1. The molecule has 0 spiro atoms. The largest absolute Gasteiger partial charge is 0.484 e. The topological polar surface area (TPSA) is 57.4 Å². The van der Waals surface area contributed by atoms with Crippen molar-refractivity contribution in [2.24, 2.45) is 5.73 Å². The predicted molar refractivity (Wildman–Crippen MR) is 77.4 cm³/mol. The van der Waals surface area contributed by atoms with Gasteiger partial charge >= 0.3 is 0 Å². The Hall–Kier alpha value is -2.21. The maximum absolute atomic E-state index is 13.8. The molecule has 0 aliphatic carbocycles. The van der Waals surface area contributed by atoms with Crippen molar-refractivity contribution in [3.8, 4) is 11.6 Å². The quantitative estimate of drug-likeness (QED) is 0.858. The van der Waals surface area contributed by atoms with Gasteiger partial charge in [0.05, 0.1) is 12.8 Å². The molecule has 1 heterocycles. The Morgan fingerprint density at radius 2 is 2.15 bits per heavy atom. The number of hydrogen-bond donors (Lipinski definition) is 1. The number of rotatable bonds is 5.